The number of rotatable bonds is 6. The van der Waals surface area contributed by atoms with Crippen LogP contribution >= 0.6 is 0 Å². The Balaban J connectivity index is 1.71. The Morgan fingerprint density at radius 3 is 2.72 bits per heavy atom. The first-order valence-corrected chi connectivity index (χ1v) is 9.47. The van der Waals surface area contributed by atoms with E-state index >= 15 is 0 Å². The molecule has 3 atom stereocenters. The Morgan fingerprint density at radius 2 is 2.06 bits per heavy atom. The van der Waals surface area contributed by atoms with E-state index in [4.69, 9.17) is 15.7 Å². The summed E-state index contributed by atoms with van der Waals surface area (Å²) in [5.74, 6) is -2.59. The summed E-state index contributed by atoms with van der Waals surface area (Å²) in [5, 5.41) is 8.86. The number of aromatic nitrogens is 1. The molecule has 0 saturated heterocycles. The number of ketones is 1. The third-order valence-corrected chi connectivity index (χ3v) is 5.57. The molecule has 11 heteroatoms. The highest BCUT2D eigenvalue weighted by molar-refractivity contribution is 5.97. The first kappa shape index (κ1) is 21.7. The van der Waals surface area contributed by atoms with Gasteiger partial charge in [0.05, 0.1) is 5.56 Å². The van der Waals surface area contributed by atoms with Crippen molar-refractivity contribution in [1.29, 1.82) is 5.26 Å². The van der Waals surface area contributed by atoms with Crippen molar-refractivity contribution in [3.63, 3.8) is 0 Å². The topological polar surface area (TPSA) is 101 Å². The second-order valence-electron chi connectivity index (χ2n) is 7.56. The summed E-state index contributed by atoms with van der Waals surface area (Å²) >= 11 is 0. The minimum Gasteiger partial charge on any atom is -0.462 e. The normalized spacial score (nSPS) is 23.9. The SMILES string of the molecule is N#Cc1cnc(C(=O)Cc2ccc(F)c([C@@]3(C(F)F)N=C(N)O[C@@H]4C[C@@H]43)c2)c(C(F)F)c1. The molecule has 2 N–H and O–H groups in total. The van der Waals surface area contributed by atoms with Crippen LogP contribution in [0.15, 0.2) is 35.5 Å². The molecule has 1 fully saturated rings. The van der Waals surface area contributed by atoms with E-state index in [0.717, 1.165) is 24.4 Å². The number of pyridine rings is 1. The number of Topliss-reactive ketones (excluding diaryl/α,β-unsaturated/α-hetero) is 1. The number of carbonyl (C=O) groups is 1. The van der Waals surface area contributed by atoms with Crippen molar-refractivity contribution in [3.05, 3.63) is 64.2 Å². The van der Waals surface area contributed by atoms with Gasteiger partial charge in [-0.25, -0.2) is 26.9 Å². The minimum absolute atomic E-state index is 0.107. The summed E-state index contributed by atoms with van der Waals surface area (Å²) in [6, 6.07) is 5.23. The summed E-state index contributed by atoms with van der Waals surface area (Å²) in [5.41, 5.74) is 1.51. The van der Waals surface area contributed by atoms with Crippen LogP contribution in [0.5, 0.6) is 0 Å². The van der Waals surface area contributed by atoms with E-state index in [0.29, 0.717) is 0 Å². The van der Waals surface area contributed by atoms with Gasteiger partial charge in [-0.3, -0.25) is 9.78 Å². The minimum atomic E-state index is -3.11. The van der Waals surface area contributed by atoms with Crippen molar-refractivity contribution in [3.8, 4) is 6.07 Å². The average Bonchev–Trinajstić information content (AvgIpc) is 3.53. The van der Waals surface area contributed by atoms with E-state index in [2.05, 4.69) is 9.98 Å². The quantitative estimate of drug-likeness (QED) is 0.535. The highest BCUT2D eigenvalue weighted by atomic mass is 19.3. The van der Waals surface area contributed by atoms with Gasteiger partial charge in [0, 0.05) is 29.7 Å². The number of nitriles is 1. The van der Waals surface area contributed by atoms with Gasteiger partial charge >= 0.3 is 0 Å². The van der Waals surface area contributed by atoms with Gasteiger partial charge < -0.3 is 10.5 Å². The van der Waals surface area contributed by atoms with Crippen LogP contribution in [-0.2, 0) is 16.7 Å². The molecule has 0 unspecified atom stereocenters. The van der Waals surface area contributed by atoms with Gasteiger partial charge in [0.25, 0.3) is 18.9 Å². The molecular weight excluding hydrogens is 435 g/mol. The number of nitrogens with two attached hydrogens (primary N) is 1. The molecule has 0 amide bonds. The van der Waals surface area contributed by atoms with Crippen LogP contribution in [0, 0.1) is 23.1 Å². The Labute approximate surface area is 178 Å². The summed E-state index contributed by atoms with van der Waals surface area (Å²) < 4.78 is 74.9. The zero-order chi connectivity index (χ0) is 23.2. The second-order valence-corrected chi connectivity index (χ2v) is 7.56. The summed E-state index contributed by atoms with van der Waals surface area (Å²) in [7, 11) is 0. The zero-order valence-electron chi connectivity index (χ0n) is 16.2. The molecule has 1 aromatic carbocycles. The fraction of sp³-hybridized carbons (Fsp3) is 0.333. The lowest BCUT2D eigenvalue weighted by Gasteiger charge is -2.33. The second kappa shape index (κ2) is 7.85. The number of alkyl halides is 4. The van der Waals surface area contributed by atoms with Gasteiger partial charge in [-0.1, -0.05) is 6.07 Å². The first-order valence-electron chi connectivity index (χ1n) is 9.47. The predicted molar refractivity (Wildman–Crippen MR) is 101 cm³/mol. The monoisotopic (exact) mass is 450 g/mol. The van der Waals surface area contributed by atoms with Crippen LogP contribution in [0.2, 0.25) is 0 Å². The molecule has 1 aliphatic carbocycles. The number of hydrogen-bond acceptors (Lipinski definition) is 6. The van der Waals surface area contributed by atoms with Gasteiger partial charge in [-0.15, -0.1) is 0 Å². The molecule has 2 heterocycles. The van der Waals surface area contributed by atoms with E-state index in [1.807, 2.05) is 0 Å². The van der Waals surface area contributed by atoms with Gasteiger partial charge in [-0.2, -0.15) is 5.26 Å². The third kappa shape index (κ3) is 3.55. The maximum atomic E-state index is 14.7. The number of aliphatic imine (C=N–C) groups is 1. The van der Waals surface area contributed by atoms with Crippen molar-refractivity contribution in [2.24, 2.45) is 16.6 Å². The molecular formula is C21H15F5N4O2. The predicted octanol–water partition coefficient (Wildman–Crippen LogP) is 3.65. The molecule has 1 aliphatic heterocycles. The fourth-order valence-corrected chi connectivity index (χ4v) is 4.00. The van der Waals surface area contributed by atoms with Crippen molar-refractivity contribution >= 4 is 11.8 Å². The van der Waals surface area contributed by atoms with Crippen molar-refractivity contribution in [1.82, 2.24) is 4.98 Å². The number of benzene rings is 1. The maximum absolute atomic E-state index is 14.7. The number of fused-ring (bicyclic) bond motifs is 1. The molecule has 6 nitrogen and oxygen atoms in total. The summed E-state index contributed by atoms with van der Waals surface area (Å²) in [6.45, 7) is 0. The van der Waals surface area contributed by atoms with E-state index in [-0.39, 0.29) is 17.5 Å². The van der Waals surface area contributed by atoms with Crippen LogP contribution in [0.1, 0.15) is 45.6 Å². The molecule has 166 valence electrons. The Morgan fingerprint density at radius 1 is 1.31 bits per heavy atom. The van der Waals surface area contributed by atoms with Crippen molar-refractivity contribution in [2.45, 2.75) is 37.3 Å². The average molecular weight is 450 g/mol. The molecule has 32 heavy (non-hydrogen) atoms. The summed E-state index contributed by atoms with van der Waals surface area (Å²) in [4.78, 5) is 20.1. The highest BCUT2D eigenvalue weighted by Gasteiger charge is 2.64. The highest BCUT2D eigenvalue weighted by Crippen LogP contribution is 2.56. The van der Waals surface area contributed by atoms with Crippen LogP contribution in [-0.4, -0.2) is 29.3 Å². The molecule has 0 spiro atoms. The molecule has 0 radical (unpaired) electrons. The lowest BCUT2D eigenvalue weighted by atomic mass is 9.83. The van der Waals surface area contributed by atoms with Crippen LogP contribution in [0.3, 0.4) is 0 Å². The lowest BCUT2D eigenvalue weighted by molar-refractivity contribution is 0.0176. The van der Waals surface area contributed by atoms with Crippen molar-refractivity contribution in [2.75, 3.05) is 0 Å². The first-order chi connectivity index (χ1) is 15.2. The Hall–Kier alpha value is -3.55. The van der Waals surface area contributed by atoms with Crippen LogP contribution in [0.25, 0.3) is 0 Å². The molecule has 2 aromatic rings. The largest absolute Gasteiger partial charge is 0.462 e. The molecule has 4 rings (SSSR count). The number of carbonyl (C=O) groups excluding carboxylic acids is 1. The number of amidine groups is 1. The van der Waals surface area contributed by atoms with E-state index in [1.165, 1.54) is 6.07 Å². The molecule has 0 bridgehead atoms. The van der Waals surface area contributed by atoms with E-state index < -0.39 is 71.3 Å². The smallest absolute Gasteiger partial charge is 0.283 e. The Bertz CT molecular complexity index is 1160. The van der Waals surface area contributed by atoms with Crippen LogP contribution in [0.4, 0.5) is 22.0 Å². The number of nitrogens with zero attached hydrogens (tertiary/aromatic N) is 3. The number of hydrogen-bond donors (Lipinski definition) is 1. The van der Waals surface area contributed by atoms with Gasteiger partial charge in [0.15, 0.2) is 11.3 Å². The van der Waals surface area contributed by atoms with E-state index in [1.54, 1.807) is 6.07 Å². The zero-order valence-corrected chi connectivity index (χ0v) is 16.2. The lowest BCUT2D eigenvalue weighted by Crippen LogP contribution is -2.43. The third-order valence-electron chi connectivity index (χ3n) is 5.57. The Kier molecular flexibility index (Phi) is 5.32. The van der Waals surface area contributed by atoms with E-state index in [9.17, 15) is 26.7 Å². The van der Waals surface area contributed by atoms with Crippen molar-refractivity contribution < 1.29 is 31.5 Å². The number of ether oxygens (including phenoxy) is 1. The standard InChI is InChI=1S/C21H15F5N4O2/c22-14-2-1-9(5-15(31)17-11(18(23)24)3-10(7-27)8-29-17)4-12(14)21(19(25)26)13-6-16(13)32-20(28)30-21/h1-4,8,13,16,18-19H,5-6H2,(H2,28,30)/t13-,16+,21+/m0/s1. The fourth-order valence-electron chi connectivity index (χ4n) is 4.00. The van der Waals surface area contributed by atoms with Gasteiger partial charge in [-0.05, 0) is 30.2 Å². The summed E-state index contributed by atoms with van der Waals surface area (Å²) in [6.07, 6.45) is -6.09. The number of halogens is 5. The van der Waals surface area contributed by atoms with Gasteiger partial charge in [0.2, 0.25) is 0 Å². The maximum Gasteiger partial charge on any atom is 0.283 e. The molecule has 1 saturated carbocycles. The van der Waals surface area contributed by atoms with Crippen LogP contribution < -0.4 is 5.73 Å². The molecule has 1 aromatic heterocycles. The molecule has 2 aliphatic rings. The van der Waals surface area contributed by atoms with Gasteiger partial charge in [0.1, 0.15) is 23.7 Å².